The van der Waals surface area contributed by atoms with Crippen LogP contribution in [-0.2, 0) is 0 Å². The molecule has 80 valence electrons. The molecule has 0 radical (unpaired) electrons. The first-order valence-corrected chi connectivity index (χ1v) is 6.25. The van der Waals surface area contributed by atoms with Crippen molar-refractivity contribution in [3.8, 4) is 0 Å². The van der Waals surface area contributed by atoms with Crippen LogP contribution >= 0.6 is 34.2 Å². The van der Waals surface area contributed by atoms with Gasteiger partial charge in [0.05, 0.1) is 5.69 Å². The Balaban J connectivity index is 2.27. The molecule has 2 aromatic carbocycles. The molecule has 0 atom stereocenters. The molecule has 0 spiro atoms. The second-order valence-electron chi connectivity index (χ2n) is 3.26. The van der Waals surface area contributed by atoms with Crippen LogP contribution < -0.4 is 0 Å². The Hall–Kier alpha value is -0.870. The van der Waals surface area contributed by atoms with Crippen molar-refractivity contribution in [2.75, 3.05) is 0 Å². The molecule has 0 unspecified atom stereocenters. The molecule has 0 aromatic heterocycles. The van der Waals surface area contributed by atoms with Crippen LogP contribution in [-0.4, -0.2) is 6.21 Å². The van der Waals surface area contributed by atoms with Gasteiger partial charge in [-0.2, -0.15) is 0 Å². The van der Waals surface area contributed by atoms with Crippen LogP contribution in [0.4, 0.5) is 5.69 Å². The summed E-state index contributed by atoms with van der Waals surface area (Å²) in [5.41, 5.74) is 1.98. The van der Waals surface area contributed by atoms with Crippen molar-refractivity contribution in [1.82, 2.24) is 0 Å². The summed E-state index contributed by atoms with van der Waals surface area (Å²) in [7, 11) is 0. The van der Waals surface area contributed by atoms with E-state index in [2.05, 4.69) is 27.6 Å². The van der Waals surface area contributed by atoms with Crippen molar-refractivity contribution in [2.45, 2.75) is 0 Å². The Labute approximate surface area is 113 Å². The van der Waals surface area contributed by atoms with E-state index in [4.69, 9.17) is 11.6 Å². The molecule has 0 N–H and O–H groups in total. The maximum absolute atomic E-state index is 5.92. The highest BCUT2D eigenvalue weighted by Gasteiger charge is 1.97. The minimum atomic E-state index is 0.709. The number of aliphatic imine (C=N–C) groups is 1. The van der Waals surface area contributed by atoms with E-state index in [1.54, 1.807) is 0 Å². The van der Waals surface area contributed by atoms with E-state index in [0.717, 1.165) is 14.8 Å². The summed E-state index contributed by atoms with van der Waals surface area (Å²) >= 11 is 8.17. The Morgan fingerprint density at radius 1 is 1.06 bits per heavy atom. The van der Waals surface area contributed by atoms with E-state index in [1.807, 2.05) is 54.7 Å². The van der Waals surface area contributed by atoms with Crippen molar-refractivity contribution >= 4 is 46.1 Å². The van der Waals surface area contributed by atoms with Gasteiger partial charge in [-0.25, -0.2) is 0 Å². The Bertz CT molecular complexity index is 509. The molecule has 16 heavy (non-hydrogen) atoms. The molecule has 0 bridgehead atoms. The molecule has 0 saturated carbocycles. The van der Waals surface area contributed by atoms with Crippen molar-refractivity contribution in [2.24, 2.45) is 4.99 Å². The molecule has 0 heterocycles. The highest BCUT2D eigenvalue weighted by Crippen LogP contribution is 2.25. The standard InChI is InChI=1S/C13H9ClIN/c14-11-6-7-12(15)13(8-11)16-9-10-4-2-1-3-5-10/h1-9H. The van der Waals surface area contributed by atoms with Crippen molar-refractivity contribution in [1.29, 1.82) is 0 Å². The molecule has 0 aliphatic rings. The summed E-state index contributed by atoms with van der Waals surface area (Å²) in [6.07, 6.45) is 1.84. The lowest BCUT2D eigenvalue weighted by atomic mass is 10.2. The van der Waals surface area contributed by atoms with Gasteiger partial charge >= 0.3 is 0 Å². The molecule has 2 rings (SSSR count). The molecule has 0 fully saturated rings. The third-order valence-electron chi connectivity index (χ3n) is 2.06. The SMILES string of the molecule is Clc1ccc(I)c(N=Cc2ccccc2)c1. The van der Waals surface area contributed by atoms with Crippen LogP contribution in [0.25, 0.3) is 0 Å². The maximum Gasteiger partial charge on any atom is 0.0778 e. The van der Waals surface area contributed by atoms with E-state index in [0.29, 0.717) is 5.02 Å². The monoisotopic (exact) mass is 341 g/mol. The Morgan fingerprint density at radius 3 is 2.56 bits per heavy atom. The molecular weight excluding hydrogens is 333 g/mol. The Kier molecular flexibility index (Phi) is 3.96. The maximum atomic E-state index is 5.92. The summed E-state index contributed by atoms with van der Waals surface area (Å²) in [6.45, 7) is 0. The number of halogens is 2. The lowest BCUT2D eigenvalue weighted by molar-refractivity contribution is 1.49. The predicted molar refractivity (Wildman–Crippen MR) is 77.9 cm³/mol. The lowest BCUT2D eigenvalue weighted by Crippen LogP contribution is -1.79. The van der Waals surface area contributed by atoms with Crippen LogP contribution in [0.15, 0.2) is 53.5 Å². The van der Waals surface area contributed by atoms with Gasteiger partial charge < -0.3 is 0 Å². The van der Waals surface area contributed by atoms with Gasteiger partial charge in [0.1, 0.15) is 0 Å². The van der Waals surface area contributed by atoms with Gasteiger partial charge in [0.15, 0.2) is 0 Å². The van der Waals surface area contributed by atoms with Crippen LogP contribution in [0.5, 0.6) is 0 Å². The molecule has 0 saturated heterocycles. The van der Waals surface area contributed by atoms with Gasteiger partial charge in [-0.05, 0) is 46.4 Å². The van der Waals surface area contributed by atoms with Crippen molar-refractivity contribution < 1.29 is 0 Å². The first-order chi connectivity index (χ1) is 7.75. The highest BCUT2D eigenvalue weighted by atomic mass is 127. The highest BCUT2D eigenvalue weighted by molar-refractivity contribution is 14.1. The first kappa shape index (κ1) is 11.6. The summed E-state index contributed by atoms with van der Waals surface area (Å²) in [5.74, 6) is 0. The number of hydrogen-bond donors (Lipinski definition) is 0. The van der Waals surface area contributed by atoms with E-state index in [1.165, 1.54) is 0 Å². The molecular formula is C13H9ClIN. The summed E-state index contributed by atoms with van der Waals surface area (Å²) < 4.78 is 1.09. The van der Waals surface area contributed by atoms with Gasteiger partial charge in [-0.1, -0.05) is 41.9 Å². The van der Waals surface area contributed by atoms with Crippen molar-refractivity contribution in [3.63, 3.8) is 0 Å². The van der Waals surface area contributed by atoms with Gasteiger partial charge in [0.2, 0.25) is 0 Å². The smallest absolute Gasteiger partial charge is 0.0778 e. The fourth-order valence-corrected chi connectivity index (χ4v) is 1.91. The van der Waals surface area contributed by atoms with Gasteiger partial charge in [0.25, 0.3) is 0 Å². The van der Waals surface area contributed by atoms with Gasteiger partial charge in [-0.15, -0.1) is 0 Å². The zero-order valence-corrected chi connectivity index (χ0v) is 11.3. The number of nitrogens with zero attached hydrogens (tertiary/aromatic N) is 1. The van der Waals surface area contributed by atoms with E-state index in [-0.39, 0.29) is 0 Å². The molecule has 3 heteroatoms. The van der Waals surface area contributed by atoms with Crippen LogP contribution in [0.1, 0.15) is 5.56 Å². The Morgan fingerprint density at radius 2 is 1.81 bits per heavy atom. The van der Waals surface area contributed by atoms with E-state index < -0.39 is 0 Å². The fourth-order valence-electron chi connectivity index (χ4n) is 1.27. The molecule has 0 amide bonds. The molecule has 0 aliphatic carbocycles. The van der Waals surface area contributed by atoms with E-state index >= 15 is 0 Å². The molecule has 0 aliphatic heterocycles. The van der Waals surface area contributed by atoms with Gasteiger partial charge in [-0.3, -0.25) is 4.99 Å². The van der Waals surface area contributed by atoms with Crippen LogP contribution in [0.2, 0.25) is 5.02 Å². The minimum absolute atomic E-state index is 0.709. The average molecular weight is 342 g/mol. The van der Waals surface area contributed by atoms with E-state index in [9.17, 15) is 0 Å². The van der Waals surface area contributed by atoms with Crippen molar-refractivity contribution in [3.05, 3.63) is 62.7 Å². The molecule has 1 nitrogen and oxygen atoms in total. The minimum Gasteiger partial charge on any atom is -0.255 e. The van der Waals surface area contributed by atoms with Gasteiger partial charge in [0, 0.05) is 14.8 Å². The van der Waals surface area contributed by atoms with Crippen LogP contribution in [0, 0.1) is 3.57 Å². The van der Waals surface area contributed by atoms with Crippen LogP contribution in [0.3, 0.4) is 0 Å². The average Bonchev–Trinajstić information content (AvgIpc) is 2.32. The second-order valence-corrected chi connectivity index (χ2v) is 4.86. The largest absolute Gasteiger partial charge is 0.255 e. The quantitative estimate of drug-likeness (QED) is 0.555. The molecule has 2 aromatic rings. The number of hydrogen-bond acceptors (Lipinski definition) is 1. The zero-order chi connectivity index (χ0) is 11.4. The lowest BCUT2D eigenvalue weighted by Gasteiger charge is -1.98. The fraction of sp³-hybridized carbons (Fsp3) is 0. The second kappa shape index (κ2) is 5.46. The summed E-state index contributed by atoms with van der Waals surface area (Å²) in [6, 6.07) is 15.7. The number of rotatable bonds is 2. The third-order valence-corrected chi connectivity index (χ3v) is 3.21. The number of benzene rings is 2. The predicted octanol–water partition coefficient (Wildman–Crippen LogP) is 4.70. The summed E-state index contributed by atoms with van der Waals surface area (Å²) in [5, 5.41) is 0.709. The summed E-state index contributed by atoms with van der Waals surface area (Å²) in [4.78, 5) is 4.42. The normalized spacial score (nSPS) is 10.9. The first-order valence-electron chi connectivity index (χ1n) is 4.80. The zero-order valence-electron chi connectivity index (χ0n) is 8.40. The topological polar surface area (TPSA) is 12.4 Å². The third kappa shape index (κ3) is 3.06.